The SMILES string of the molecule is CCOC(=O)c1cc(-c2ccccc2)n(-c2cccc(C(=O)NCc3cccs3)c2)c1C. The lowest BCUT2D eigenvalue weighted by Crippen LogP contribution is -2.22. The van der Waals surface area contributed by atoms with Gasteiger partial charge < -0.3 is 14.6 Å². The number of benzene rings is 2. The van der Waals surface area contributed by atoms with E-state index in [4.69, 9.17) is 4.74 Å². The first kappa shape index (κ1) is 21.6. The quantitative estimate of drug-likeness (QED) is 0.376. The van der Waals surface area contributed by atoms with E-state index in [9.17, 15) is 9.59 Å². The van der Waals surface area contributed by atoms with Gasteiger partial charge in [0.2, 0.25) is 0 Å². The van der Waals surface area contributed by atoms with Crippen molar-refractivity contribution in [1.29, 1.82) is 0 Å². The summed E-state index contributed by atoms with van der Waals surface area (Å²) in [4.78, 5) is 26.4. The highest BCUT2D eigenvalue weighted by Crippen LogP contribution is 2.30. The van der Waals surface area contributed by atoms with E-state index in [2.05, 4.69) is 5.32 Å². The monoisotopic (exact) mass is 444 g/mol. The number of ether oxygens (including phenoxy) is 1. The molecular weight excluding hydrogens is 420 g/mol. The van der Waals surface area contributed by atoms with Gasteiger partial charge in [-0.25, -0.2) is 4.79 Å². The van der Waals surface area contributed by atoms with Gasteiger partial charge in [0.1, 0.15) is 0 Å². The van der Waals surface area contributed by atoms with Crippen LogP contribution in [0.4, 0.5) is 0 Å². The summed E-state index contributed by atoms with van der Waals surface area (Å²) in [6.45, 7) is 4.48. The fourth-order valence-corrected chi connectivity index (χ4v) is 4.29. The molecular formula is C26H24N2O3S. The van der Waals surface area contributed by atoms with Gasteiger partial charge in [-0.05, 0) is 55.1 Å². The zero-order valence-corrected chi connectivity index (χ0v) is 18.8. The molecule has 0 saturated carbocycles. The molecule has 0 unspecified atom stereocenters. The van der Waals surface area contributed by atoms with Gasteiger partial charge in [0.15, 0.2) is 0 Å². The number of nitrogens with zero attached hydrogens (tertiary/aromatic N) is 1. The minimum atomic E-state index is -0.356. The van der Waals surface area contributed by atoms with E-state index in [1.807, 2.05) is 83.6 Å². The maximum absolute atomic E-state index is 12.8. The third kappa shape index (κ3) is 4.50. The van der Waals surface area contributed by atoms with Gasteiger partial charge in [-0.1, -0.05) is 42.5 Å². The van der Waals surface area contributed by atoms with Gasteiger partial charge >= 0.3 is 5.97 Å². The van der Waals surface area contributed by atoms with Crippen LogP contribution in [0.1, 0.15) is 38.2 Å². The topological polar surface area (TPSA) is 60.3 Å². The van der Waals surface area contributed by atoms with Gasteiger partial charge in [0.25, 0.3) is 5.91 Å². The van der Waals surface area contributed by atoms with Crippen LogP contribution in [0.2, 0.25) is 0 Å². The average Bonchev–Trinajstić information content (AvgIpc) is 3.46. The fraction of sp³-hybridized carbons (Fsp3) is 0.154. The predicted octanol–water partition coefficient (Wildman–Crippen LogP) is 5.62. The Hall–Kier alpha value is -3.64. The summed E-state index contributed by atoms with van der Waals surface area (Å²) in [6.07, 6.45) is 0. The molecule has 0 aliphatic rings. The van der Waals surface area contributed by atoms with E-state index in [0.29, 0.717) is 24.3 Å². The van der Waals surface area contributed by atoms with Crippen molar-refractivity contribution in [1.82, 2.24) is 9.88 Å². The lowest BCUT2D eigenvalue weighted by Gasteiger charge is -2.14. The van der Waals surface area contributed by atoms with Crippen molar-refractivity contribution in [3.63, 3.8) is 0 Å². The smallest absolute Gasteiger partial charge is 0.339 e. The van der Waals surface area contributed by atoms with Gasteiger partial charge in [0, 0.05) is 21.8 Å². The van der Waals surface area contributed by atoms with Crippen molar-refractivity contribution >= 4 is 23.2 Å². The van der Waals surface area contributed by atoms with Crippen molar-refractivity contribution in [2.45, 2.75) is 20.4 Å². The van der Waals surface area contributed by atoms with E-state index < -0.39 is 0 Å². The Morgan fingerprint density at radius 1 is 1.00 bits per heavy atom. The maximum Gasteiger partial charge on any atom is 0.339 e. The second kappa shape index (κ2) is 9.66. The highest BCUT2D eigenvalue weighted by molar-refractivity contribution is 7.09. The summed E-state index contributed by atoms with van der Waals surface area (Å²) < 4.78 is 7.26. The van der Waals surface area contributed by atoms with Crippen LogP contribution < -0.4 is 5.32 Å². The van der Waals surface area contributed by atoms with Crippen LogP contribution in [0.5, 0.6) is 0 Å². The van der Waals surface area contributed by atoms with E-state index in [0.717, 1.165) is 27.5 Å². The number of amides is 1. The minimum Gasteiger partial charge on any atom is -0.462 e. The van der Waals surface area contributed by atoms with Crippen LogP contribution in [-0.4, -0.2) is 23.1 Å². The van der Waals surface area contributed by atoms with Crippen LogP contribution in [0, 0.1) is 6.92 Å². The normalized spacial score (nSPS) is 10.7. The Kier molecular flexibility index (Phi) is 6.52. The summed E-state index contributed by atoms with van der Waals surface area (Å²) in [5, 5.41) is 4.96. The number of nitrogens with one attached hydrogen (secondary N) is 1. The van der Waals surface area contributed by atoms with Crippen LogP contribution in [0.15, 0.2) is 78.2 Å². The molecule has 0 spiro atoms. The molecule has 4 aromatic rings. The molecule has 5 nitrogen and oxygen atoms in total. The third-order valence-corrected chi connectivity index (χ3v) is 6.06. The number of rotatable bonds is 7. The van der Waals surface area contributed by atoms with Crippen LogP contribution >= 0.6 is 11.3 Å². The Bertz CT molecular complexity index is 1230. The molecule has 32 heavy (non-hydrogen) atoms. The highest BCUT2D eigenvalue weighted by atomic mass is 32.1. The molecule has 0 radical (unpaired) electrons. The Balaban J connectivity index is 1.73. The molecule has 1 amide bonds. The van der Waals surface area contributed by atoms with Gasteiger partial charge in [-0.2, -0.15) is 0 Å². The molecule has 2 heterocycles. The maximum atomic E-state index is 12.8. The molecule has 2 aromatic heterocycles. The van der Waals surface area contributed by atoms with Crippen molar-refractivity contribution in [3.05, 3.63) is 99.9 Å². The largest absolute Gasteiger partial charge is 0.462 e. The second-order valence-electron chi connectivity index (χ2n) is 7.26. The van der Waals surface area contributed by atoms with E-state index in [1.54, 1.807) is 24.3 Å². The number of carbonyl (C=O) groups excluding carboxylic acids is 2. The van der Waals surface area contributed by atoms with Gasteiger partial charge in [0.05, 0.1) is 24.4 Å². The summed E-state index contributed by atoms with van der Waals surface area (Å²) in [5.41, 5.74) is 4.47. The van der Waals surface area contributed by atoms with E-state index in [-0.39, 0.29) is 11.9 Å². The predicted molar refractivity (Wildman–Crippen MR) is 127 cm³/mol. The molecule has 0 bridgehead atoms. The summed E-state index contributed by atoms with van der Waals surface area (Å²) >= 11 is 1.61. The first-order chi connectivity index (χ1) is 15.6. The second-order valence-corrected chi connectivity index (χ2v) is 8.30. The molecule has 2 aromatic carbocycles. The van der Waals surface area contributed by atoms with Crippen LogP contribution in [-0.2, 0) is 11.3 Å². The average molecular weight is 445 g/mol. The molecule has 6 heteroatoms. The lowest BCUT2D eigenvalue weighted by molar-refractivity contribution is 0.0525. The standard InChI is InChI=1S/C26H24N2O3S/c1-3-31-26(30)23-16-24(19-9-5-4-6-10-19)28(18(23)2)21-12-7-11-20(15-21)25(29)27-17-22-13-8-14-32-22/h4-16H,3,17H2,1-2H3,(H,27,29). The van der Waals surface area contributed by atoms with Crippen LogP contribution in [0.25, 0.3) is 16.9 Å². The first-order valence-corrected chi connectivity index (χ1v) is 11.3. The number of aromatic nitrogens is 1. The van der Waals surface area contributed by atoms with Crippen LogP contribution in [0.3, 0.4) is 0 Å². The Morgan fingerprint density at radius 3 is 2.53 bits per heavy atom. The zero-order valence-electron chi connectivity index (χ0n) is 18.0. The first-order valence-electron chi connectivity index (χ1n) is 10.4. The summed E-state index contributed by atoms with van der Waals surface area (Å²) in [6, 6.07) is 23.1. The molecule has 1 N–H and O–H groups in total. The third-order valence-electron chi connectivity index (χ3n) is 5.18. The summed E-state index contributed by atoms with van der Waals surface area (Å²) in [7, 11) is 0. The molecule has 0 fully saturated rings. The minimum absolute atomic E-state index is 0.142. The van der Waals surface area contributed by atoms with Crippen molar-refractivity contribution in [2.24, 2.45) is 0 Å². The number of hydrogen-bond acceptors (Lipinski definition) is 4. The van der Waals surface area contributed by atoms with Gasteiger partial charge in [-0.3, -0.25) is 4.79 Å². The number of esters is 1. The molecule has 0 aliphatic carbocycles. The van der Waals surface area contributed by atoms with Crippen molar-refractivity contribution in [2.75, 3.05) is 6.61 Å². The van der Waals surface area contributed by atoms with E-state index >= 15 is 0 Å². The molecule has 0 aliphatic heterocycles. The number of thiophene rings is 1. The zero-order chi connectivity index (χ0) is 22.5. The number of hydrogen-bond donors (Lipinski definition) is 1. The van der Waals surface area contributed by atoms with Crippen molar-refractivity contribution < 1.29 is 14.3 Å². The molecule has 0 saturated heterocycles. The summed E-state index contributed by atoms with van der Waals surface area (Å²) in [5.74, 6) is -0.497. The Labute approximate surface area is 191 Å². The number of carbonyl (C=O) groups is 2. The highest BCUT2D eigenvalue weighted by Gasteiger charge is 2.21. The lowest BCUT2D eigenvalue weighted by atomic mass is 10.1. The Morgan fingerprint density at radius 2 is 1.81 bits per heavy atom. The van der Waals surface area contributed by atoms with E-state index in [1.165, 1.54) is 0 Å². The van der Waals surface area contributed by atoms with Gasteiger partial charge in [-0.15, -0.1) is 11.3 Å². The van der Waals surface area contributed by atoms with Crippen molar-refractivity contribution in [3.8, 4) is 16.9 Å². The fourth-order valence-electron chi connectivity index (χ4n) is 3.65. The molecule has 0 atom stereocenters. The molecule has 162 valence electrons. The molecule has 4 rings (SSSR count).